The van der Waals surface area contributed by atoms with E-state index in [1.807, 2.05) is 20.8 Å². The number of ether oxygens (including phenoxy) is 2. The van der Waals surface area contributed by atoms with Gasteiger partial charge in [-0.1, -0.05) is 38.4 Å². The van der Waals surface area contributed by atoms with Gasteiger partial charge in [-0.05, 0) is 55.0 Å². The molecule has 236 valence electrons. The third-order valence-electron chi connectivity index (χ3n) is 8.26. The van der Waals surface area contributed by atoms with Gasteiger partial charge in [-0.25, -0.2) is 0 Å². The number of rotatable bonds is 7. The van der Waals surface area contributed by atoms with Gasteiger partial charge >= 0.3 is 17.8 Å². The molecule has 2 N–H and O–H groups in total. The summed E-state index contributed by atoms with van der Waals surface area (Å²) in [6.07, 6.45) is 2.67. The molecular weight excluding hydrogens is 586 g/mol. The van der Waals surface area contributed by atoms with Crippen LogP contribution in [0.3, 0.4) is 0 Å². The van der Waals surface area contributed by atoms with Crippen molar-refractivity contribution >= 4 is 58.0 Å². The maximum Gasteiger partial charge on any atom is 0.317 e. The molecule has 3 fully saturated rings. The molecule has 2 aromatic carbocycles. The van der Waals surface area contributed by atoms with Crippen molar-refractivity contribution in [2.24, 2.45) is 5.41 Å². The third kappa shape index (κ3) is 7.00. The Morgan fingerprint density at radius 3 is 2.27 bits per heavy atom. The van der Waals surface area contributed by atoms with Crippen molar-refractivity contribution in [3.05, 3.63) is 41.4 Å². The topological polar surface area (TPSA) is 126 Å². The van der Waals surface area contributed by atoms with Gasteiger partial charge in [0.25, 0.3) is 0 Å². The fraction of sp³-hybridized carbons (Fsp3) is 0.500. The number of carbonyl (C=O) groups is 4. The van der Waals surface area contributed by atoms with Gasteiger partial charge in [0.2, 0.25) is 5.91 Å². The van der Waals surface area contributed by atoms with E-state index in [1.54, 1.807) is 41.3 Å². The van der Waals surface area contributed by atoms with Gasteiger partial charge in [-0.15, -0.1) is 0 Å². The van der Waals surface area contributed by atoms with Crippen LogP contribution in [-0.2, 0) is 23.9 Å². The molecule has 3 amide bonds. The first-order valence-electron chi connectivity index (χ1n) is 15.1. The molecule has 3 aliphatic heterocycles. The fourth-order valence-electron chi connectivity index (χ4n) is 5.80. The van der Waals surface area contributed by atoms with Crippen molar-refractivity contribution in [2.75, 3.05) is 66.4 Å². The predicted molar refractivity (Wildman–Crippen MR) is 169 cm³/mol. The monoisotopic (exact) mass is 625 g/mol. The number of carbonyl (C=O) groups excluding carboxylic acids is 4. The molecule has 0 radical (unpaired) electrons. The Morgan fingerprint density at radius 2 is 1.64 bits per heavy atom. The second kappa shape index (κ2) is 13.1. The summed E-state index contributed by atoms with van der Waals surface area (Å²) in [5, 5.41) is 0.384. The number of nitrogens with two attached hydrogens (primary N) is 1. The lowest BCUT2D eigenvalue weighted by molar-refractivity contribution is -0.137. The second-order valence-electron chi connectivity index (χ2n) is 12.7. The quantitative estimate of drug-likeness (QED) is 0.213. The minimum atomic E-state index is -0.812. The van der Waals surface area contributed by atoms with Crippen LogP contribution in [0.5, 0.6) is 5.75 Å². The standard InChI is InChI=1S/C32H40ClN5O6/c1-32(2,3)12-11-28(40)44-29-24(36-14-13-35(19-27(36)39)22-6-5-17-43-20-22)7-4-8-25(29)37-15-16-38(31(42)30(37)41)26-18-21(33)9-10-23(26)34/h4,7-10,18,22H,5-6,11-17,19-20,34H2,1-3H3/t22-/m0/s1. The first kappa shape index (κ1) is 31.7. The number of para-hydroxylation sites is 1. The highest BCUT2D eigenvalue weighted by Gasteiger charge is 2.39. The lowest BCUT2D eigenvalue weighted by Gasteiger charge is -2.40. The van der Waals surface area contributed by atoms with Crippen LogP contribution in [0.25, 0.3) is 0 Å². The van der Waals surface area contributed by atoms with Gasteiger partial charge in [0, 0.05) is 50.3 Å². The van der Waals surface area contributed by atoms with Crippen molar-refractivity contribution in [1.29, 1.82) is 0 Å². The highest BCUT2D eigenvalue weighted by Crippen LogP contribution is 2.41. The summed E-state index contributed by atoms with van der Waals surface area (Å²) in [5.74, 6) is -2.14. The number of nitrogens with zero attached hydrogens (tertiary/aromatic N) is 4. The Bertz CT molecular complexity index is 1440. The van der Waals surface area contributed by atoms with Crippen LogP contribution < -0.4 is 25.2 Å². The highest BCUT2D eigenvalue weighted by molar-refractivity contribution is 6.46. The van der Waals surface area contributed by atoms with Crippen molar-refractivity contribution in [1.82, 2.24) is 4.90 Å². The lowest BCUT2D eigenvalue weighted by atomic mass is 9.91. The molecule has 0 spiro atoms. The van der Waals surface area contributed by atoms with Gasteiger partial charge in [0.1, 0.15) is 0 Å². The van der Waals surface area contributed by atoms with Crippen LogP contribution in [0.4, 0.5) is 22.7 Å². The van der Waals surface area contributed by atoms with Crippen LogP contribution in [0.2, 0.25) is 5.02 Å². The number of piperazine rings is 2. The minimum Gasteiger partial charge on any atom is -0.422 e. The van der Waals surface area contributed by atoms with E-state index in [0.29, 0.717) is 48.2 Å². The Labute approximate surface area is 262 Å². The zero-order valence-corrected chi connectivity index (χ0v) is 26.3. The molecule has 3 saturated heterocycles. The molecule has 12 heteroatoms. The number of amides is 3. The Hall–Kier alpha value is -3.67. The first-order valence-corrected chi connectivity index (χ1v) is 15.4. The second-order valence-corrected chi connectivity index (χ2v) is 13.1. The Morgan fingerprint density at radius 1 is 0.977 bits per heavy atom. The summed E-state index contributed by atoms with van der Waals surface area (Å²) in [4.78, 5) is 60.0. The highest BCUT2D eigenvalue weighted by atomic mass is 35.5. The molecule has 0 bridgehead atoms. The van der Waals surface area contributed by atoms with E-state index in [4.69, 9.17) is 26.8 Å². The Balaban J connectivity index is 1.44. The summed E-state index contributed by atoms with van der Waals surface area (Å²) in [7, 11) is 0. The van der Waals surface area contributed by atoms with Crippen LogP contribution in [0.1, 0.15) is 46.5 Å². The zero-order valence-electron chi connectivity index (χ0n) is 25.5. The van der Waals surface area contributed by atoms with Crippen LogP contribution in [-0.4, -0.2) is 80.6 Å². The van der Waals surface area contributed by atoms with Crippen LogP contribution in [0, 0.1) is 5.41 Å². The molecule has 0 aliphatic carbocycles. The Kier molecular flexibility index (Phi) is 9.48. The normalized spacial score (nSPS) is 20.3. The molecule has 0 aromatic heterocycles. The smallest absolute Gasteiger partial charge is 0.317 e. The summed E-state index contributed by atoms with van der Waals surface area (Å²) in [6, 6.07) is 9.96. The number of hydrogen-bond donors (Lipinski definition) is 1. The SMILES string of the molecule is CC(C)(C)CCC(=O)Oc1c(N2CCN([C@H]3CCCOC3)CC2=O)cccc1N1CCN(c2cc(Cl)ccc2N)C(=O)C1=O. The lowest BCUT2D eigenvalue weighted by Crippen LogP contribution is -2.56. The number of anilines is 4. The van der Waals surface area contributed by atoms with E-state index >= 15 is 0 Å². The van der Waals surface area contributed by atoms with Gasteiger partial charge < -0.3 is 25.0 Å². The summed E-state index contributed by atoms with van der Waals surface area (Å²) < 4.78 is 11.6. The molecular formula is C32H40ClN5O6. The average molecular weight is 626 g/mol. The zero-order chi connectivity index (χ0) is 31.6. The largest absolute Gasteiger partial charge is 0.422 e. The molecule has 3 aliphatic rings. The molecule has 0 saturated carbocycles. The number of nitrogen functional groups attached to an aromatic ring is 1. The minimum absolute atomic E-state index is 0.0890. The number of benzene rings is 2. The fourth-order valence-corrected chi connectivity index (χ4v) is 5.96. The molecule has 0 unspecified atom stereocenters. The number of esters is 1. The van der Waals surface area contributed by atoms with Gasteiger partial charge in [0.05, 0.1) is 35.9 Å². The van der Waals surface area contributed by atoms with Gasteiger partial charge in [-0.2, -0.15) is 0 Å². The van der Waals surface area contributed by atoms with Crippen LogP contribution in [0.15, 0.2) is 36.4 Å². The third-order valence-corrected chi connectivity index (χ3v) is 8.49. The summed E-state index contributed by atoms with van der Waals surface area (Å²) in [6.45, 7) is 8.88. The molecule has 11 nitrogen and oxygen atoms in total. The van der Waals surface area contributed by atoms with Crippen LogP contribution >= 0.6 is 11.6 Å². The molecule has 2 aromatic rings. The van der Waals surface area contributed by atoms with Crippen molar-refractivity contribution in [3.63, 3.8) is 0 Å². The summed E-state index contributed by atoms with van der Waals surface area (Å²) in [5.41, 5.74) is 7.31. The van der Waals surface area contributed by atoms with Gasteiger partial charge in [-0.3, -0.25) is 29.0 Å². The molecule has 5 rings (SSSR count). The first-order chi connectivity index (χ1) is 20.9. The predicted octanol–water partition coefficient (Wildman–Crippen LogP) is 3.86. The van der Waals surface area contributed by atoms with E-state index in [0.717, 1.165) is 19.4 Å². The van der Waals surface area contributed by atoms with E-state index in [-0.39, 0.29) is 54.9 Å². The maximum atomic E-state index is 13.6. The van der Waals surface area contributed by atoms with Gasteiger partial charge in [0.15, 0.2) is 5.75 Å². The van der Waals surface area contributed by atoms with Crippen molar-refractivity contribution in [3.8, 4) is 5.75 Å². The van der Waals surface area contributed by atoms with E-state index in [2.05, 4.69) is 4.90 Å². The van der Waals surface area contributed by atoms with E-state index in [9.17, 15) is 19.2 Å². The summed E-state index contributed by atoms with van der Waals surface area (Å²) >= 11 is 6.15. The van der Waals surface area contributed by atoms with Crippen molar-refractivity contribution in [2.45, 2.75) is 52.5 Å². The number of halogens is 1. The van der Waals surface area contributed by atoms with E-state index < -0.39 is 17.8 Å². The average Bonchev–Trinajstić information content (AvgIpc) is 2.99. The van der Waals surface area contributed by atoms with Crippen molar-refractivity contribution < 1.29 is 28.7 Å². The molecule has 3 heterocycles. The molecule has 44 heavy (non-hydrogen) atoms. The van der Waals surface area contributed by atoms with E-state index in [1.165, 1.54) is 9.80 Å². The molecule has 1 atom stereocenters. The number of hydrogen-bond acceptors (Lipinski definition) is 8. The maximum absolute atomic E-state index is 13.6.